The molecule has 0 spiro atoms. The maximum absolute atomic E-state index is 8.28. The summed E-state index contributed by atoms with van der Waals surface area (Å²) in [5.41, 5.74) is 4.53. The zero-order valence-electron chi connectivity index (χ0n) is 10.1. The Kier molecular flexibility index (Phi) is 2.71. The highest BCUT2D eigenvalue weighted by atomic mass is 79.9. The average molecular weight is 301 g/mol. The molecule has 0 radical (unpaired) electrons. The number of amidine groups is 1. The van der Waals surface area contributed by atoms with E-state index in [4.69, 9.17) is 5.41 Å². The minimum atomic E-state index is 0.586. The first-order chi connectivity index (χ1) is 8.65. The number of nitrogens with zero attached hydrogens (tertiary/aromatic N) is 1. The van der Waals surface area contributed by atoms with E-state index in [1.165, 1.54) is 11.1 Å². The van der Waals surface area contributed by atoms with Crippen LogP contribution in [0.4, 0.5) is 5.69 Å². The lowest BCUT2D eigenvalue weighted by atomic mass is 10.1. The number of anilines is 1. The normalized spacial score (nSPS) is 13.9. The first kappa shape index (κ1) is 11.5. The number of halogens is 1. The summed E-state index contributed by atoms with van der Waals surface area (Å²) in [6.07, 6.45) is 0. The molecular formula is C15H13BrN2. The Balaban J connectivity index is 2.04. The van der Waals surface area contributed by atoms with Crippen LogP contribution in [0.3, 0.4) is 0 Å². The number of hydrogen-bond donors (Lipinski definition) is 1. The molecule has 0 saturated carbocycles. The van der Waals surface area contributed by atoms with Crippen molar-refractivity contribution < 1.29 is 0 Å². The molecule has 0 fully saturated rings. The van der Waals surface area contributed by atoms with E-state index in [2.05, 4.69) is 47.1 Å². The van der Waals surface area contributed by atoms with Crippen molar-refractivity contribution in [2.45, 2.75) is 13.5 Å². The van der Waals surface area contributed by atoms with Gasteiger partial charge in [-0.15, -0.1) is 0 Å². The molecule has 90 valence electrons. The Bertz CT molecular complexity index is 614. The molecule has 2 aromatic rings. The summed E-state index contributed by atoms with van der Waals surface area (Å²) in [6.45, 7) is 2.85. The second kappa shape index (κ2) is 4.25. The number of hydrogen-bond acceptors (Lipinski definition) is 1. The molecule has 3 rings (SSSR count). The highest BCUT2D eigenvalue weighted by molar-refractivity contribution is 9.10. The molecule has 0 atom stereocenters. The van der Waals surface area contributed by atoms with Gasteiger partial charge in [0.05, 0.1) is 6.54 Å². The topological polar surface area (TPSA) is 27.1 Å². The number of aryl methyl sites for hydroxylation is 1. The summed E-state index contributed by atoms with van der Waals surface area (Å²) in [7, 11) is 0. The monoisotopic (exact) mass is 300 g/mol. The second-order valence-corrected chi connectivity index (χ2v) is 5.49. The van der Waals surface area contributed by atoms with E-state index in [1.807, 2.05) is 23.1 Å². The second-order valence-electron chi connectivity index (χ2n) is 4.58. The average Bonchev–Trinajstić information content (AvgIpc) is 2.66. The van der Waals surface area contributed by atoms with Crippen LogP contribution in [-0.4, -0.2) is 5.84 Å². The van der Waals surface area contributed by atoms with Gasteiger partial charge >= 0.3 is 0 Å². The summed E-state index contributed by atoms with van der Waals surface area (Å²) in [5.74, 6) is 0.586. The van der Waals surface area contributed by atoms with Crippen LogP contribution in [0.25, 0.3) is 0 Å². The number of fused-ring (bicyclic) bond motifs is 1. The fourth-order valence-electron chi connectivity index (χ4n) is 2.38. The summed E-state index contributed by atoms with van der Waals surface area (Å²) < 4.78 is 1.06. The molecular weight excluding hydrogens is 288 g/mol. The van der Waals surface area contributed by atoms with Crippen LogP contribution in [0.5, 0.6) is 0 Å². The fourth-order valence-corrected chi connectivity index (χ4v) is 2.97. The molecule has 1 heterocycles. The van der Waals surface area contributed by atoms with Gasteiger partial charge in [0.25, 0.3) is 0 Å². The predicted molar refractivity (Wildman–Crippen MR) is 78.3 cm³/mol. The van der Waals surface area contributed by atoms with Gasteiger partial charge in [0.2, 0.25) is 0 Å². The summed E-state index contributed by atoms with van der Waals surface area (Å²) in [4.78, 5) is 2.04. The van der Waals surface area contributed by atoms with Crippen LogP contribution >= 0.6 is 15.9 Å². The Labute approximate surface area is 115 Å². The van der Waals surface area contributed by atoms with Gasteiger partial charge in [-0.25, -0.2) is 0 Å². The number of benzene rings is 2. The first-order valence-corrected chi connectivity index (χ1v) is 6.66. The van der Waals surface area contributed by atoms with Crippen LogP contribution in [0.15, 0.2) is 46.9 Å². The quantitative estimate of drug-likeness (QED) is 0.843. The van der Waals surface area contributed by atoms with E-state index in [1.54, 1.807) is 0 Å². The highest BCUT2D eigenvalue weighted by Gasteiger charge is 2.24. The van der Waals surface area contributed by atoms with Gasteiger partial charge in [0.15, 0.2) is 0 Å². The lowest BCUT2D eigenvalue weighted by Crippen LogP contribution is -2.23. The molecule has 2 aromatic carbocycles. The van der Waals surface area contributed by atoms with Crippen molar-refractivity contribution in [3.05, 3.63) is 63.6 Å². The van der Waals surface area contributed by atoms with Gasteiger partial charge in [-0.3, -0.25) is 5.41 Å². The minimum absolute atomic E-state index is 0.586. The van der Waals surface area contributed by atoms with Crippen molar-refractivity contribution >= 4 is 27.5 Å². The largest absolute Gasteiger partial charge is 0.322 e. The third-order valence-electron chi connectivity index (χ3n) is 3.21. The summed E-state index contributed by atoms with van der Waals surface area (Å²) in [6, 6.07) is 14.4. The fraction of sp³-hybridized carbons (Fsp3) is 0.133. The smallest absolute Gasteiger partial charge is 0.133 e. The lowest BCUT2D eigenvalue weighted by molar-refractivity contribution is 1.04. The maximum Gasteiger partial charge on any atom is 0.133 e. The molecule has 0 unspecified atom stereocenters. The SMILES string of the molecule is Cc1cc(Br)cc(N2Cc3ccccc3C2=N)c1. The summed E-state index contributed by atoms with van der Waals surface area (Å²) in [5, 5.41) is 8.28. The zero-order valence-corrected chi connectivity index (χ0v) is 11.7. The highest BCUT2D eigenvalue weighted by Crippen LogP contribution is 2.30. The predicted octanol–water partition coefficient (Wildman–Crippen LogP) is 4.10. The van der Waals surface area contributed by atoms with Gasteiger partial charge in [-0.05, 0) is 36.2 Å². The van der Waals surface area contributed by atoms with E-state index < -0.39 is 0 Å². The van der Waals surface area contributed by atoms with Gasteiger partial charge < -0.3 is 4.90 Å². The lowest BCUT2D eigenvalue weighted by Gasteiger charge is -2.19. The molecule has 0 saturated heterocycles. The Morgan fingerprint density at radius 1 is 1.17 bits per heavy atom. The molecule has 1 aliphatic rings. The molecule has 0 bridgehead atoms. The standard InChI is InChI=1S/C15H13BrN2/c1-10-6-12(16)8-13(7-10)18-9-11-4-2-3-5-14(11)15(18)17/h2-8,17H,9H2,1H3. The van der Waals surface area contributed by atoms with E-state index in [0.29, 0.717) is 5.84 Å². The van der Waals surface area contributed by atoms with Crippen molar-refractivity contribution in [2.75, 3.05) is 4.90 Å². The molecule has 18 heavy (non-hydrogen) atoms. The van der Waals surface area contributed by atoms with Gasteiger partial charge in [-0.2, -0.15) is 0 Å². The Morgan fingerprint density at radius 2 is 1.94 bits per heavy atom. The third kappa shape index (κ3) is 1.85. The van der Waals surface area contributed by atoms with Crippen LogP contribution in [0.1, 0.15) is 16.7 Å². The van der Waals surface area contributed by atoms with Crippen LogP contribution in [0.2, 0.25) is 0 Å². The van der Waals surface area contributed by atoms with Crippen molar-refractivity contribution in [1.29, 1.82) is 5.41 Å². The molecule has 0 aliphatic carbocycles. The van der Waals surface area contributed by atoms with Gasteiger partial charge in [0, 0.05) is 15.7 Å². The van der Waals surface area contributed by atoms with Crippen LogP contribution < -0.4 is 4.90 Å². The third-order valence-corrected chi connectivity index (χ3v) is 3.67. The molecule has 3 heteroatoms. The van der Waals surface area contributed by atoms with Crippen molar-refractivity contribution in [3.8, 4) is 0 Å². The first-order valence-electron chi connectivity index (χ1n) is 5.87. The van der Waals surface area contributed by atoms with Crippen molar-refractivity contribution in [3.63, 3.8) is 0 Å². The minimum Gasteiger partial charge on any atom is -0.322 e. The zero-order chi connectivity index (χ0) is 12.7. The number of nitrogens with one attached hydrogen (secondary N) is 1. The van der Waals surface area contributed by atoms with E-state index in [0.717, 1.165) is 22.3 Å². The molecule has 0 aromatic heterocycles. The van der Waals surface area contributed by atoms with Gasteiger partial charge in [-0.1, -0.05) is 40.2 Å². The van der Waals surface area contributed by atoms with E-state index in [-0.39, 0.29) is 0 Å². The Morgan fingerprint density at radius 3 is 2.67 bits per heavy atom. The van der Waals surface area contributed by atoms with Crippen LogP contribution in [-0.2, 0) is 6.54 Å². The van der Waals surface area contributed by atoms with Crippen molar-refractivity contribution in [2.24, 2.45) is 0 Å². The molecule has 0 amide bonds. The molecule has 1 aliphatic heterocycles. The van der Waals surface area contributed by atoms with E-state index in [9.17, 15) is 0 Å². The molecule has 2 nitrogen and oxygen atoms in total. The molecule has 1 N–H and O–H groups in total. The summed E-state index contributed by atoms with van der Waals surface area (Å²) >= 11 is 3.52. The Hall–Kier alpha value is -1.61. The maximum atomic E-state index is 8.28. The van der Waals surface area contributed by atoms with E-state index >= 15 is 0 Å². The van der Waals surface area contributed by atoms with Gasteiger partial charge in [0.1, 0.15) is 5.84 Å². The number of rotatable bonds is 1. The van der Waals surface area contributed by atoms with Crippen molar-refractivity contribution in [1.82, 2.24) is 0 Å². The van der Waals surface area contributed by atoms with Crippen LogP contribution in [0, 0.1) is 12.3 Å².